The summed E-state index contributed by atoms with van der Waals surface area (Å²) in [6.45, 7) is 4.03. The quantitative estimate of drug-likeness (QED) is 0.573. The lowest BCUT2D eigenvalue weighted by molar-refractivity contribution is -0.113. The molecule has 0 spiro atoms. The summed E-state index contributed by atoms with van der Waals surface area (Å²) < 4.78 is 16.4. The van der Waals surface area contributed by atoms with E-state index in [1.807, 2.05) is 44.2 Å². The minimum absolute atomic E-state index is 0.114. The highest BCUT2D eigenvalue weighted by Gasteiger charge is 2.13. The summed E-state index contributed by atoms with van der Waals surface area (Å²) in [5.74, 6) is 1.57. The van der Waals surface area contributed by atoms with Crippen LogP contribution in [-0.2, 0) is 11.4 Å². The first-order valence-corrected chi connectivity index (χ1v) is 9.62. The third kappa shape index (κ3) is 5.04. The summed E-state index contributed by atoms with van der Waals surface area (Å²) in [4.78, 5) is 12.2. The van der Waals surface area contributed by atoms with Crippen molar-refractivity contribution < 1.29 is 18.7 Å². The minimum atomic E-state index is -0.132. The molecule has 0 bridgehead atoms. The van der Waals surface area contributed by atoms with Crippen molar-refractivity contribution in [3.05, 3.63) is 59.5 Å². The monoisotopic (exact) mass is 399 g/mol. The molecule has 0 saturated heterocycles. The van der Waals surface area contributed by atoms with Gasteiger partial charge in [-0.25, -0.2) is 0 Å². The van der Waals surface area contributed by atoms with Crippen LogP contribution in [0.3, 0.4) is 0 Å². The van der Waals surface area contributed by atoms with E-state index in [9.17, 15) is 4.79 Å². The Balaban J connectivity index is 1.51. The molecule has 0 radical (unpaired) electrons. The Morgan fingerprint density at radius 1 is 1.07 bits per heavy atom. The number of anilines is 1. The first-order valence-electron chi connectivity index (χ1n) is 8.64. The van der Waals surface area contributed by atoms with Crippen LogP contribution in [0.2, 0.25) is 0 Å². The van der Waals surface area contributed by atoms with Gasteiger partial charge in [0.05, 0.1) is 12.9 Å². The maximum absolute atomic E-state index is 12.2. The Hall–Kier alpha value is -3.00. The smallest absolute Gasteiger partial charge is 0.277 e. The Morgan fingerprint density at radius 3 is 2.50 bits per heavy atom. The Morgan fingerprint density at radius 2 is 1.79 bits per heavy atom. The molecule has 1 aromatic heterocycles. The van der Waals surface area contributed by atoms with Crippen molar-refractivity contribution in [1.29, 1.82) is 0 Å². The molecule has 8 heteroatoms. The van der Waals surface area contributed by atoms with Crippen LogP contribution < -0.4 is 14.8 Å². The summed E-state index contributed by atoms with van der Waals surface area (Å²) in [5, 5.41) is 11.1. The lowest BCUT2D eigenvalue weighted by atomic mass is 10.1. The van der Waals surface area contributed by atoms with Gasteiger partial charge >= 0.3 is 0 Å². The molecule has 146 valence electrons. The molecule has 0 saturated carbocycles. The van der Waals surface area contributed by atoms with Crippen molar-refractivity contribution in [3.63, 3.8) is 0 Å². The SMILES string of the molecule is COc1ccccc1OCc1nnc(SCC(=O)Nc2c(C)cccc2C)o1. The number of rotatable bonds is 8. The molecule has 0 atom stereocenters. The van der Waals surface area contributed by atoms with Crippen molar-refractivity contribution >= 4 is 23.4 Å². The number of para-hydroxylation sites is 3. The van der Waals surface area contributed by atoms with Crippen LogP contribution in [0.25, 0.3) is 0 Å². The normalized spacial score (nSPS) is 10.5. The number of nitrogens with one attached hydrogen (secondary N) is 1. The zero-order valence-electron chi connectivity index (χ0n) is 15.9. The minimum Gasteiger partial charge on any atom is -0.493 e. The van der Waals surface area contributed by atoms with Crippen LogP contribution >= 0.6 is 11.8 Å². The number of benzene rings is 2. The Kier molecular flexibility index (Phi) is 6.54. The van der Waals surface area contributed by atoms with Crippen LogP contribution in [0.15, 0.2) is 52.1 Å². The molecule has 1 heterocycles. The molecular weight excluding hydrogens is 378 g/mol. The van der Waals surface area contributed by atoms with E-state index in [0.717, 1.165) is 16.8 Å². The summed E-state index contributed by atoms with van der Waals surface area (Å²) in [7, 11) is 1.58. The van der Waals surface area contributed by atoms with Gasteiger partial charge in [-0.2, -0.15) is 0 Å². The number of carbonyl (C=O) groups excluding carboxylic acids is 1. The number of amides is 1. The lowest BCUT2D eigenvalue weighted by Gasteiger charge is -2.10. The molecule has 3 aromatic rings. The second-order valence-corrected chi connectivity index (χ2v) is 6.93. The summed E-state index contributed by atoms with van der Waals surface area (Å²) in [5.41, 5.74) is 2.88. The van der Waals surface area contributed by atoms with Crippen LogP contribution in [0.1, 0.15) is 17.0 Å². The summed E-state index contributed by atoms with van der Waals surface area (Å²) >= 11 is 1.18. The van der Waals surface area contributed by atoms with Gasteiger partial charge in [-0.05, 0) is 37.1 Å². The predicted molar refractivity (Wildman–Crippen MR) is 107 cm³/mol. The number of hydrogen-bond acceptors (Lipinski definition) is 7. The Labute approximate surface area is 167 Å². The van der Waals surface area contributed by atoms with E-state index in [4.69, 9.17) is 13.9 Å². The fraction of sp³-hybridized carbons (Fsp3) is 0.250. The van der Waals surface area contributed by atoms with E-state index in [1.165, 1.54) is 11.8 Å². The molecule has 0 unspecified atom stereocenters. The molecular formula is C20H21N3O4S. The van der Waals surface area contributed by atoms with Gasteiger partial charge in [0.25, 0.3) is 11.1 Å². The van der Waals surface area contributed by atoms with Gasteiger partial charge in [-0.15, -0.1) is 10.2 Å². The standard InChI is InChI=1S/C20H21N3O4S/c1-13-7-6-8-14(2)19(13)21-17(24)12-28-20-23-22-18(27-20)11-26-16-10-5-4-9-15(16)25-3/h4-10H,11-12H2,1-3H3,(H,21,24). The maximum atomic E-state index is 12.2. The van der Waals surface area contributed by atoms with Gasteiger partial charge in [-0.1, -0.05) is 42.1 Å². The zero-order valence-corrected chi connectivity index (χ0v) is 16.7. The van der Waals surface area contributed by atoms with Gasteiger partial charge in [-0.3, -0.25) is 4.79 Å². The van der Waals surface area contributed by atoms with Crippen molar-refractivity contribution in [1.82, 2.24) is 10.2 Å². The number of carbonyl (C=O) groups is 1. The predicted octanol–water partition coefficient (Wildman–Crippen LogP) is 4.00. The second kappa shape index (κ2) is 9.27. The largest absolute Gasteiger partial charge is 0.493 e. The molecule has 1 amide bonds. The molecule has 2 aromatic carbocycles. The Bertz CT molecular complexity index is 938. The maximum Gasteiger partial charge on any atom is 0.277 e. The third-order valence-corrected chi connectivity index (χ3v) is 4.76. The average molecular weight is 399 g/mol. The van der Waals surface area contributed by atoms with Gasteiger partial charge in [0, 0.05) is 5.69 Å². The molecule has 0 aliphatic carbocycles. The highest BCUT2D eigenvalue weighted by atomic mass is 32.2. The van der Waals surface area contributed by atoms with E-state index >= 15 is 0 Å². The molecule has 0 aliphatic rings. The average Bonchev–Trinajstić information content (AvgIpc) is 3.16. The van der Waals surface area contributed by atoms with E-state index in [-0.39, 0.29) is 18.3 Å². The summed E-state index contributed by atoms with van der Waals surface area (Å²) in [6, 6.07) is 13.2. The van der Waals surface area contributed by atoms with Crippen LogP contribution in [0.4, 0.5) is 5.69 Å². The third-order valence-electron chi connectivity index (χ3n) is 3.94. The van der Waals surface area contributed by atoms with E-state index in [1.54, 1.807) is 19.2 Å². The molecule has 7 nitrogen and oxygen atoms in total. The van der Waals surface area contributed by atoms with Gasteiger partial charge < -0.3 is 19.2 Å². The van der Waals surface area contributed by atoms with Crippen LogP contribution in [-0.4, -0.2) is 29.0 Å². The fourth-order valence-corrected chi connectivity index (χ4v) is 3.13. The molecule has 0 aliphatic heterocycles. The number of ether oxygens (including phenoxy) is 2. The van der Waals surface area contributed by atoms with E-state index in [2.05, 4.69) is 15.5 Å². The molecule has 28 heavy (non-hydrogen) atoms. The van der Waals surface area contributed by atoms with Crippen molar-refractivity contribution in [2.24, 2.45) is 0 Å². The van der Waals surface area contributed by atoms with Crippen molar-refractivity contribution in [2.75, 3.05) is 18.2 Å². The van der Waals surface area contributed by atoms with Crippen molar-refractivity contribution in [3.8, 4) is 11.5 Å². The number of hydrogen-bond donors (Lipinski definition) is 1. The van der Waals surface area contributed by atoms with Crippen LogP contribution in [0, 0.1) is 13.8 Å². The highest BCUT2D eigenvalue weighted by Crippen LogP contribution is 2.27. The van der Waals surface area contributed by atoms with Crippen molar-refractivity contribution in [2.45, 2.75) is 25.7 Å². The second-order valence-electron chi connectivity index (χ2n) is 6.00. The number of aromatic nitrogens is 2. The number of nitrogens with zero attached hydrogens (tertiary/aromatic N) is 2. The summed E-state index contributed by atoms with van der Waals surface area (Å²) in [6.07, 6.45) is 0. The first kappa shape index (κ1) is 19.8. The molecule has 1 N–H and O–H groups in total. The zero-order chi connectivity index (χ0) is 19.9. The van der Waals surface area contributed by atoms with Crippen LogP contribution in [0.5, 0.6) is 11.5 Å². The van der Waals surface area contributed by atoms with Gasteiger partial charge in [0.2, 0.25) is 5.91 Å². The van der Waals surface area contributed by atoms with Gasteiger partial charge in [0.1, 0.15) is 0 Å². The first-order chi connectivity index (χ1) is 13.6. The van der Waals surface area contributed by atoms with E-state index < -0.39 is 0 Å². The number of thioether (sulfide) groups is 1. The molecule has 3 rings (SSSR count). The van der Waals surface area contributed by atoms with E-state index in [0.29, 0.717) is 22.6 Å². The van der Waals surface area contributed by atoms with Gasteiger partial charge in [0.15, 0.2) is 18.1 Å². The lowest BCUT2D eigenvalue weighted by Crippen LogP contribution is -2.15. The molecule has 0 fully saturated rings. The fourth-order valence-electron chi connectivity index (χ4n) is 2.55. The topological polar surface area (TPSA) is 86.5 Å². The highest BCUT2D eigenvalue weighted by molar-refractivity contribution is 7.99. The number of aryl methyl sites for hydroxylation is 2. The number of methoxy groups -OCH3 is 1.